The van der Waals surface area contributed by atoms with Gasteiger partial charge >= 0.3 is 5.97 Å². The third kappa shape index (κ3) is 3.76. The van der Waals surface area contributed by atoms with E-state index in [-0.39, 0.29) is 17.7 Å². The van der Waals surface area contributed by atoms with Crippen LogP contribution in [0.3, 0.4) is 0 Å². The number of benzene rings is 2. The molecular formula is C22H20ClNO4. The molecule has 28 heavy (non-hydrogen) atoms. The molecule has 5 nitrogen and oxygen atoms in total. The minimum atomic E-state index is -0.897. The van der Waals surface area contributed by atoms with Crippen LogP contribution in [0.15, 0.2) is 60.7 Å². The quantitative estimate of drug-likeness (QED) is 0.697. The second-order valence-corrected chi connectivity index (χ2v) is 7.69. The van der Waals surface area contributed by atoms with E-state index >= 15 is 0 Å². The molecule has 1 amide bonds. The summed E-state index contributed by atoms with van der Waals surface area (Å²) < 4.78 is 5.74. The standard InChI is InChI=1S/C22H20ClNO4/c23-15-5-9-17(10-6-15)28-18-11-7-16(8-12-18)24-21(25)19-13-1-3-14(4-2-13)20(19)22(26)27/h1,3,5-14,19-20H,2,4H2,(H,24,25)(H,26,27)/t13-,14+,19-,20+/m1/s1. The molecular weight excluding hydrogens is 378 g/mol. The number of allylic oxidation sites excluding steroid dienone is 2. The van der Waals surface area contributed by atoms with Crippen molar-refractivity contribution in [1.82, 2.24) is 0 Å². The lowest BCUT2D eigenvalue weighted by molar-refractivity contribution is -0.151. The number of rotatable bonds is 5. The number of hydrogen-bond acceptors (Lipinski definition) is 3. The summed E-state index contributed by atoms with van der Waals surface area (Å²) in [6, 6.07) is 14.0. The molecule has 0 heterocycles. The fraction of sp³-hybridized carbons (Fsp3) is 0.273. The number of carbonyl (C=O) groups is 2. The maximum atomic E-state index is 12.8. The molecule has 6 heteroatoms. The highest BCUT2D eigenvalue weighted by Crippen LogP contribution is 2.45. The fourth-order valence-corrected chi connectivity index (χ4v) is 4.28. The van der Waals surface area contributed by atoms with Crippen molar-refractivity contribution < 1.29 is 19.4 Å². The normalized spacial score (nSPS) is 25.3. The van der Waals surface area contributed by atoms with Crippen molar-refractivity contribution in [3.63, 3.8) is 0 Å². The third-order valence-electron chi connectivity index (χ3n) is 5.51. The molecule has 0 aromatic heterocycles. The summed E-state index contributed by atoms with van der Waals surface area (Å²) in [6.07, 6.45) is 5.65. The number of hydrogen-bond donors (Lipinski definition) is 2. The van der Waals surface area contributed by atoms with Crippen LogP contribution < -0.4 is 10.1 Å². The number of fused-ring (bicyclic) bond motifs is 2. The average molecular weight is 398 g/mol. The van der Waals surface area contributed by atoms with Gasteiger partial charge in [-0.3, -0.25) is 9.59 Å². The summed E-state index contributed by atoms with van der Waals surface area (Å²) in [6.45, 7) is 0. The lowest BCUT2D eigenvalue weighted by Gasteiger charge is -2.41. The Morgan fingerprint density at radius 2 is 1.43 bits per heavy atom. The average Bonchev–Trinajstić information content (AvgIpc) is 2.71. The van der Waals surface area contributed by atoms with Crippen LogP contribution in [0, 0.1) is 23.7 Å². The van der Waals surface area contributed by atoms with Crippen molar-refractivity contribution in [2.24, 2.45) is 23.7 Å². The zero-order valence-electron chi connectivity index (χ0n) is 15.0. The zero-order chi connectivity index (χ0) is 19.7. The largest absolute Gasteiger partial charge is 0.481 e. The highest BCUT2D eigenvalue weighted by Gasteiger charge is 2.48. The van der Waals surface area contributed by atoms with Crippen LogP contribution in [0.1, 0.15) is 12.8 Å². The minimum Gasteiger partial charge on any atom is -0.481 e. The maximum absolute atomic E-state index is 12.8. The van der Waals surface area contributed by atoms with Crippen molar-refractivity contribution in [2.45, 2.75) is 12.8 Å². The first-order valence-electron chi connectivity index (χ1n) is 9.27. The Morgan fingerprint density at radius 1 is 0.893 bits per heavy atom. The molecule has 144 valence electrons. The van der Waals surface area contributed by atoms with Gasteiger partial charge in [-0.15, -0.1) is 0 Å². The molecule has 0 spiro atoms. The molecule has 2 aromatic carbocycles. The highest BCUT2D eigenvalue weighted by molar-refractivity contribution is 6.30. The Kier molecular flexibility index (Phi) is 5.09. The first-order valence-corrected chi connectivity index (χ1v) is 9.64. The predicted octanol–water partition coefficient (Wildman–Crippen LogP) is 4.98. The van der Waals surface area contributed by atoms with Crippen LogP contribution in [-0.4, -0.2) is 17.0 Å². The van der Waals surface area contributed by atoms with Gasteiger partial charge in [-0.2, -0.15) is 0 Å². The lowest BCUT2D eigenvalue weighted by Crippen LogP contribution is -2.47. The van der Waals surface area contributed by atoms with Crippen molar-refractivity contribution in [1.29, 1.82) is 0 Å². The van der Waals surface area contributed by atoms with Gasteiger partial charge in [-0.1, -0.05) is 23.8 Å². The second kappa shape index (κ2) is 7.68. The van der Waals surface area contributed by atoms with E-state index in [0.29, 0.717) is 22.2 Å². The van der Waals surface area contributed by atoms with Gasteiger partial charge in [-0.05, 0) is 73.2 Å². The number of halogens is 1. The minimum absolute atomic E-state index is 0.0152. The van der Waals surface area contributed by atoms with Gasteiger partial charge in [0, 0.05) is 10.7 Å². The van der Waals surface area contributed by atoms with E-state index in [4.69, 9.17) is 16.3 Å². The number of carboxylic acid groups (broad SMARTS) is 1. The van der Waals surface area contributed by atoms with Crippen molar-refractivity contribution in [3.05, 3.63) is 65.7 Å². The highest BCUT2D eigenvalue weighted by atomic mass is 35.5. The Balaban J connectivity index is 1.44. The molecule has 1 fully saturated rings. The molecule has 3 aliphatic carbocycles. The molecule has 3 aliphatic rings. The molecule has 1 saturated carbocycles. The number of carboxylic acids is 1. The van der Waals surface area contributed by atoms with E-state index < -0.39 is 17.8 Å². The molecule has 4 atom stereocenters. The van der Waals surface area contributed by atoms with E-state index in [0.717, 1.165) is 12.8 Å². The second-order valence-electron chi connectivity index (χ2n) is 7.25. The maximum Gasteiger partial charge on any atom is 0.307 e. The van der Waals surface area contributed by atoms with Gasteiger partial charge in [0.2, 0.25) is 5.91 Å². The third-order valence-corrected chi connectivity index (χ3v) is 5.76. The first kappa shape index (κ1) is 18.6. The fourth-order valence-electron chi connectivity index (χ4n) is 4.16. The Labute approximate surface area is 168 Å². The Hall–Kier alpha value is -2.79. The number of anilines is 1. The summed E-state index contributed by atoms with van der Waals surface area (Å²) in [4.78, 5) is 24.5. The van der Waals surface area contributed by atoms with Gasteiger partial charge in [0.1, 0.15) is 11.5 Å². The topological polar surface area (TPSA) is 75.6 Å². The summed E-state index contributed by atoms with van der Waals surface area (Å²) in [5.41, 5.74) is 0.614. The Morgan fingerprint density at radius 3 is 1.96 bits per heavy atom. The van der Waals surface area contributed by atoms with Gasteiger partial charge in [0.15, 0.2) is 0 Å². The van der Waals surface area contributed by atoms with E-state index in [1.807, 2.05) is 12.2 Å². The number of ether oxygens (including phenoxy) is 1. The molecule has 0 saturated heterocycles. The number of amides is 1. The summed E-state index contributed by atoms with van der Waals surface area (Å²) in [5, 5.41) is 13.1. The van der Waals surface area contributed by atoms with Gasteiger partial charge in [0.25, 0.3) is 0 Å². The smallest absolute Gasteiger partial charge is 0.307 e. The molecule has 0 radical (unpaired) electrons. The van der Waals surface area contributed by atoms with Gasteiger partial charge in [0.05, 0.1) is 11.8 Å². The predicted molar refractivity (Wildman–Crippen MR) is 107 cm³/mol. The SMILES string of the molecule is O=C(O)[C@@H]1[C@H](C(=O)Nc2ccc(Oc3ccc(Cl)cc3)cc2)[C@@H]2C=C[C@H]1CC2. The number of carbonyl (C=O) groups excluding carboxylic acids is 1. The number of nitrogens with one attached hydrogen (secondary N) is 1. The van der Waals surface area contributed by atoms with Crippen LogP contribution >= 0.6 is 11.6 Å². The van der Waals surface area contributed by atoms with Crippen LogP contribution in [0.4, 0.5) is 5.69 Å². The molecule has 0 aliphatic heterocycles. The summed E-state index contributed by atoms with van der Waals surface area (Å²) in [7, 11) is 0. The molecule has 2 N–H and O–H groups in total. The summed E-state index contributed by atoms with van der Waals surface area (Å²) >= 11 is 5.86. The van der Waals surface area contributed by atoms with Gasteiger partial charge < -0.3 is 15.2 Å². The van der Waals surface area contributed by atoms with Crippen LogP contribution in [0.25, 0.3) is 0 Å². The molecule has 5 rings (SSSR count). The zero-order valence-corrected chi connectivity index (χ0v) is 15.8. The molecule has 2 bridgehead atoms. The van der Waals surface area contributed by atoms with Crippen LogP contribution in [0.2, 0.25) is 5.02 Å². The van der Waals surface area contributed by atoms with E-state index in [9.17, 15) is 14.7 Å². The molecule has 0 unspecified atom stereocenters. The van der Waals surface area contributed by atoms with E-state index in [1.165, 1.54) is 0 Å². The van der Waals surface area contributed by atoms with Crippen LogP contribution in [0.5, 0.6) is 11.5 Å². The Bertz CT molecular complexity index is 907. The van der Waals surface area contributed by atoms with Crippen LogP contribution in [-0.2, 0) is 9.59 Å². The van der Waals surface area contributed by atoms with Crippen molar-refractivity contribution in [3.8, 4) is 11.5 Å². The summed E-state index contributed by atoms with van der Waals surface area (Å²) in [5.74, 6) is -1.11. The molecule has 2 aromatic rings. The first-order chi connectivity index (χ1) is 13.5. The lowest BCUT2D eigenvalue weighted by atomic mass is 9.62. The monoisotopic (exact) mass is 397 g/mol. The van der Waals surface area contributed by atoms with Crippen molar-refractivity contribution >= 4 is 29.2 Å². The van der Waals surface area contributed by atoms with Crippen molar-refractivity contribution in [2.75, 3.05) is 5.32 Å². The van der Waals surface area contributed by atoms with E-state index in [2.05, 4.69) is 5.32 Å². The number of aliphatic carboxylic acids is 1. The van der Waals surface area contributed by atoms with Gasteiger partial charge in [-0.25, -0.2) is 0 Å². The van der Waals surface area contributed by atoms with E-state index in [1.54, 1.807) is 48.5 Å².